The predicted molar refractivity (Wildman–Crippen MR) is 72.9 cm³/mol. The number of anilines is 1. The minimum absolute atomic E-state index is 0.190. The van der Waals surface area contributed by atoms with Crippen molar-refractivity contribution in [2.45, 2.75) is 20.4 Å². The molecule has 5 heteroatoms. The zero-order valence-electron chi connectivity index (χ0n) is 11.1. The Hall–Kier alpha value is -2.30. The third kappa shape index (κ3) is 2.76. The fourth-order valence-corrected chi connectivity index (χ4v) is 1.82. The molecule has 5 nitrogen and oxygen atoms in total. The smallest absolute Gasteiger partial charge is 0.361 e. The molecule has 1 aromatic heterocycles. The molecule has 1 aromatic carbocycles. The lowest BCUT2D eigenvalue weighted by molar-refractivity contribution is 0.0519. The van der Waals surface area contributed by atoms with Gasteiger partial charge in [-0.15, -0.1) is 0 Å². The Labute approximate surface area is 112 Å². The summed E-state index contributed by atoms with van der Waals surface area (Å²) in [7, 11) is 0. The van der Waals surface area contributed by atoms with E-state index in [2.05, 4.69) is 5.10 Å². The molecule has 2 aromatic rings. The monoisotopic (exact) mass is 259 g/mol. The van der Waals surface area contributed by atoms with Gasteiger partial charge in [0.05, 0.1) is 24.5 Å². The first-order chi connectivity index (χ1) is 9.13. The Morgan fingerprint density at radius 2 is 2.05 bits per heavy atom. The van der Waals surface area contributed by atoms with Crippen LogP contribution in [0.2, 0.25) is 0 Å². The van der Waals surface area contributed by atoms with Crippen molar-refractivity contribution >= 4 is 11.7 Å². The molecule has 1 heterocycles. The van der Waals surface area contributed by atoms with Gasteiger partial charge in [-0.05, 0) is 19.4 Å². The maximum Gasteiger partial charge on any atom is 0.361 e. The van der Waals surface area contributed by atoms with Crippen LogP contribution in [0.5, 0.6) is 0 Å². The van der Waals surface area contributed by atoms with Gasteiger partial charge in [0.2, 0.25) is 0 Å². The van der Waals surface area contributed by atoms with Gasteiger partial charge in [0.15, 0.2) is 5.69 Å². The van der Waals surface area contributed by atoms with Crippen LogP contribution in [0.1, 0.15) is 28.7 Å². The fraction of sp³-hybridized carbons (Fsp3) is 0.286. The van der Waals surface area contributed by atoms with Crippen molar-refractivity contribution in [2.24, 2.45) is 0 Å². The molecule has 0 fully saturated rings. The van der Waals surface area contributed by atoms with Crippen molar-refractivity contribution in [2.75, 3.05) is 12.3 Å². The summed E-state index contributed by atoms with van der Waals surface area (Å²) < 4.78 is 6.65. The summed E-state index contributed by atoms with van der Waals surface area (Å²) in [6, 6.07) is 9.88. The van der Waals surface area contributed by atoms with Crippen molar-refractivity contribution in [1.82, 2.24) is 9.78 Å². The number of hydrogen-bond acceptors (Lipinski definition) is 4. The van der Waals surface area contributed by atoms with E-state index in [-0.39, 0.29) is 5.69 Å². The number of carbonyl (C=O) groups excluding carboxylic acids is 1. The lowest BCUT2D eigenvalue weighted by Crippen LogP contribution is -2.09. The maximum atomic E-state index is 11.7. The molecule has 100 valence electrons. The largest absolute Gasteiger partial charge is 0.461 e. The lowest BCUT2D eigenvalue weighted by atomic mass is 10.2. The number of carbonyl (C=O) groups is 1. The Kier molecular flexibility index (Phi) is 3.85. The van der Waals surface area contributed by atoms with E-state index >= 15 is 0 Å². The topological polar surface area (TPSA) is 70.1 Å². The number of nitrogen functional groups attached to an aromatic ring is 1. The second-order valence-electron chi connectivity index (χ2n) is 4.21. The van der Waals surface area contributed by atoms with Crippen LogP contribution in [-0.2, 0) is 11.3 Å². The van der Waals surface area contributed by atoms with E-state index in [0.29, 0.717) is 18.8 Å². The van der Waals surface area contributed by atoms with Gasteiger partial charge in [-0.2, -0.15) is 5.10 Å². The van der Waals surface area contributed by atoms with Gasteiger partial charge in [0.25, 0.3) is 0 Å². The van der Waals surface area contributed by atoms with Gasteiger partial charge >= 0.3 is 5.97 Å². The first-order valence-corrected chi connectivity index (χ1v) is 6.17. The van der Waals surface area contributed by atoms with Crippen LogP contribution in [-0.4, -0.2) is 22.4 Å². The van der Waals surface area contributed by atoms with Gasteiger partial charge < -0.3 is 10.5 Å². The number of aromatic nitrogens is 2. The normalized spacial score (nSPS) is 10.4. The number of hydrogen-bond donors (Lipinski definition) is 1. The van der Waals surface area contributed by atoms with Gasteiger partial charge in [0, 0.05) is 0 Å². The van der Waals surface area contributed by atoms with Crippen LogP contribution >= 0.6 is 0 Å². The summed E-state index contributed by atoms with van der Waals surface area (Å²) in [5, 5.41) is 4.24. The highest BCUT2D eigenvalue weighted by Gasteiger charge is 2.19. The Bertz CT molecular complexity index is 576. The average molecular weight is 259 g/mol. The van der Waals surface area contributed by atoms with E-state index in [4.69, 9.17) is 10.5 Å². The van der Waals surface area contributed by atoms with Gasteiger partial charge in [-0.25, -0.2) is 4.79 Å². The Morgan fingerprint density at radius 3 is 2.68 bits per heavy atom. The molecule has 19 heavy (non-hydrogen) atoms. The number of ether oxygens (including phenoxy) is 1. The number of nitrogens with zero attached hydrogens (tertiary/aromatic N) is 2. The van der Waals surface area contributed by atoms with E-state index in [1.165, 1.54) is 0 Å². The molecule has 0 bridgehead atoms. The molecule has 0 amide bonds. The van der Waals surface area contributed by atoms with Gasteiger partial charge in [0.1, 0.15) is 0 Å². The quantitative estimate of drug-likeness (QED) is 0.852. The minimum atomic E-state index is -0.477. The van der Waals surface area contributed by atoms with Crippen molar-refractivity contribution in [1.29, 1.82) is 0 Å². The zero-order chi connectivity index (χ0) is 13.8. The molecule has 0 saturated carbocycles. The van der Waals surface area contributed by atoms with E-state index in [1.807, 2.05) is 37.3 Å². The summed E-state index contributed by atoms with van der Waals surface area (Å²) in [4.78, 5) is 11.7. The Balaban J connectivity index is 2.28. The highest BCUT2D eigenvalue weighted by atomic mass is 16.5. The summed E-state index contributed by atoms with van der Waals surface area (Å²) in [6.45, 7) is 4.48. The van der Waals surface area contributed by atoms with E-state index in [9.17, 15) is 4.79 Å². The lowest BCUT2D eigenvalue weighted by Gasteiger charge is -2.04. The second-order valence-corrected chi connectivity index (χ2v) is 4.21. The molecular weight excluding hydrogens is 242 g/mol. The van der Waals surface area contributed by atoms with Crippen molar-refractivity contribution in [3.63, 3.8) is 0 Å². The van der Waals surface area contributed by atoms with Crippen LogP contribution in [0, 0.1) is 6.92 Å². The zero-order valence-corrected chi connectivity index (χ0v) is 11.1. The van der Waals surface area contributed by atoms with E-state index < -0.39 is 5.97 Å². The maximum absolute atomic E-state index is 11.7. The summed E-state index contributed by atoms with van der Waals surface area (Å²) in [5.74, 6) is -0.477. The third-order valence-electron chi connectivity index (χ3n) is 2.90. The number of rotatable bonds is 4. The highest BCUT2D eigenvalue weighted by molar-refractivity contribution is 5.93. The molecule has 0 unspecified atom stereocenters. The molecule has 0 saturated heterocycles. The molecule has 0 aliphatic carbocycles. The van der Waals surface area contributed by atoms with Crippen LogP contribution in [0.25, 0.3) is 0 Å². The third-order valence-corrected chi connectivity index (χ3v) is 2.90. The molecule has 2 N–H and O–H groups in total. The summed E-state index contributed by atoms with van der Waals surface area (Å²) >= 11 is 0. The number of nitrogens with two attached hydrogens (primary N) is 1. The van der Waals surface area contributed by atoms with Crippen LogP contribution in [0.15, 0.2) is 30.3 Å². The Morgan fingerprint density at radius 1 is 1.37 bits per heavy atom. The summed E-state index contributed by atoms with van der Waals surface area (Å²) in [6.07, 6.45) is 0. The van der Waals surface area contributed by atoms with Crippen LogP contribution in [0.3, 0.4) is 0 Å². The molecule has 2 rings (SSSR count). The molecule has 0 aliphatic rings. The fourth-order valence-electron chi connectivity index (χ4n) is 1.82. The molecular formula is C14H17N3O2. The van der Waals surface area contributed by atoms with Crippen LogP contribution in [0.4, 0.5) is 5.69 Å². The predicted octanol–water partition coefficient (Wildman–Crippen LogP) is 2.00. The number of esters is 1. The molecule has 0 radical (unpaired) electrons. The summed E-state index contributed by atoms with van der Waals surface area (Å²) in [5.41, 5.74) is 8.35. The molecule has 0 aliphatic heterocycles. The highest BCUT2D eigenvalue weighted by Crippen LogP contribution is 2.18. The number of benzene rings is 1. The second kappa shape index (κ2) is 5.56. The van der Waals surface area contributed by atoms with Crippen molar-refractivity contribution in [3.8, 4) is 0 Å². The van der Waals surface area contributed by atoms with Gasteiger partial charge in [-0.1, -0.05) is 30.3 Å². The van der Waals surface area contributed by atoms with Gasteiger partial charge in [-0.3, -0.25) is 4.68 Å². The standard InChI is InChI=1S/C14H17N3O2/c1-3-19-14(18)13-12(15)10(2)17(16-13)9-11-7-5-4-6-8-11/h4-8H,3,9,15H2,1-2H3. The average Bonchev–Trinajstić information content (AvgIpc) is 2.69. The van der Waals surface area contributed by atoms with Crippen LogP contribution < -0.4 is 5.73 Å². The minimum Gasteiger partial charge on any atom is -0.461 e. The molecule has 0 atom stereocenters. The molecule has 0 spiro atoms. The van der Waals surface area contributed by atoms with E-state index in [1.54, 1.807) is 11.6 Å². The van der Waals surface area contributed by atoms with Crippen molar-refractivity contribution in [3.05, 3.63) is 47.3 Å². The first kappa shape index (κ1) is 13.1. The van der Waals surface area contributed by atoms with Crippen molar-refractivity contribution < 1.29 is 9.53 Å². The van der Waals surface area contributed by atoms with E-state index in [0.717, 1.165) is 11.3 Å². The SMILES string of the molecule is CCOC(=O)c1nn(Cc2ccccc2)c(C)c1N. The first-order valence-electron chi connectivity index (χ1n) is 6.17.